The number of nitrogens with zero attached hydrogens (tertiary/aromatic N) is 2. The summed E-state index contributed by atoms with van der Waals surface area (Å²) in [5.74, 6) is 0.333. The van der Waals surface area contributed by atoms with E-state index in [4.69, 9.17) is 9.68 Å². The van der Waals surface area contributed by atoms with Crippen molar-refractivity contribution in [3.05, 3.63) is 49.6 Å². The van der Waals surface area contributed by atoms with Crippen LogP contribution in [0.25, 0.3) is 0 Å². The Morgan fingerprint density at radius 2 is 1.89 bits per heavy atom. The van der Waals surface area contributed by atoms with Crippen molar-refractivity contribution in [3.63, 3.8) is 0 Å². The predicted molar refractivity (Wildman–Crippen MR) is 91.8 cm³/mol. The summed E-state index contributed by atoms with van der Waals surface area (Å²) in [4.78, 5) is 32.2. The summed E-state index contributed by atoms with van der Waals surface area (Å²) in [5.41, 5.74) is 1.44. The Hall–Kier alpha value is -2.58. The number of aromatic hydroxyl groups is 1. The SMILES string of the molecule is CC12C[C@H](O[N+](=O)[O-])C3c4ccc(O)cc4CCC3C1CC[C@@H]2O[N+](=O)[O-]. The lowest BCUT2D eigenvalue weighted by Crippen LogP contribution is -2.52. The first-order valence-corrected chi connectivity index (χ1v) is 9.23. The third-order valence-corrected chi connectivity index (χ3v) is 7.01. The van der Waals surface area contributed by atoms with Crippen molar-refractivity contribution in [1.29, 1.82) is 0 Å². The number of hydrogen-bond acceptors (Lipinski definition) is 7. The summed E-state index contributed by atoms with van der Waals surface area (Å²) < 4.78 is 0. The minimum Gasteiger partial charge on any atom is -0.508 e. The van der Waals surface area contributed by atoms with Crippen LogP contribution in [0.2, 0.25) is 0 Å². The highest BCUT2D eigenvalue weighted by Crippen LogP contribution is 2.62. The lowest BCUT2D eigenvalue weighted by Gasteiger charge is -2.52. The molecule has 0 aromatic heterocycles. The monoisotopic (exact) mass is 378 g/mol. The maximum absolute atomic E-state index is 11.2. The highest BCUT2D eigenvalue weighted by Gasteiger charge is 2.60. The molecule has 1 aromatic carbocycles. The topological polar surface area (TPSA) is 125 Å². The van der Waals surface area contributed by atoms with Gasteiger partial charge in [-0.1, -0.05) is 13.0 Å². The van der Waals surface area contributed by atoms with E-state index in [1.807, 2.05) is 13.0 Å². The highest BCUT2D eigenvalue weighted by molar-refractivity contribution is 5.41. The Labute approximate surface area is 155 Å². The van der Waals surface area contributed by atoms with Gasteiger partial charge in [-0.2, -0.15) is 0 Å². The summed E-state index contributed by atoms with van der Waals surface area (Å²) in [6.07, 6.45) is 2.02. The van der Waals surface area contributed by atoms with Gasteiger partial charge in [0.2, 0.25) is 0 Å². The third-order valence-electron chi connectivity index (χ3n) is 7.01. The molecule has 0 bridgehead atoms. The standard InChI is InChI=1S/C18H22N2O7/c1-18-9-15(26-19(22)23)17-12-5-3-11(21)8-10(12)2-4-13(17)14(18)6-7-16(18)27-20(24)25/h3,5,8,13-17,21H,2,4,6-7,9H2,1H3/t13?,14?,15-,16-,17?,18?/m0/s1. The first-order valence-electron chi connectivity index (χ1n) is 9.23. The van der Waals surface area contributed by atoms with E-state index in [1.165, 1.54) is 0 Å². The summed E-state index contributed by atoms with van der Waals surface area (Å²) in [6.45, 7) is 1.94. The van der Waals surface area contributed by atoms with Crippen molar-refractivity contribution in [1.82, 2.24) is 0 Å². The molecular formula is C18H22N2O7. The van der Waals surface area contributed by atoms with Crippen LogP contribution in [-0.4, -0.2) is 27.5 Å². The largest absolute Gasteiger partial charge is 0.508 e. The van der Waals surface area contributed by atoms with E-state index in [-0.39, 0.29) is 23.5 Å². The first kappa shape index (κ1) is 17.8. The zero-order chi connectivity index (χ0) is 19.3. The van der Waals surface area contributed by atoms with E-state index in [0.29, 0.717) is 12.8 Å². The van der Waals surface area contributed by atoms with Crippen LogP contribution in [0.4, 0.5) is 0 Å². The van der Waals surface area contributed by atoms with Crippen molar-refractivity contribution in [2.45, 2.75) is 57.2 Å². The van der Waals surface area contributed by atoms with Crippen molar-refractivity contribution in [2.24, 2.45) is 17.3 Å². The van der Waals surface area contributed by atoms with Gasteiger partial charge in [-0.3, -0.25) is 0 Å². The van der Waals surface area contributed by atoms with Crippen molar-refractivity contribution in [2.75, 3.05) is 0 Å². The van der Waals surface area contributed by atoms with Gasteiger partial charge < -0.3 is 14.8 Å². The molecule has 0 spiro atoms. The summed E-state index contributed by atoms with van der Waals surface area (Å²) >= 11 is 0. The molecule has 4 unspecified atom stereocenters. The van der Waals surface area contributed by atoms with Crippen LogP contribution >= 0.6 is 0 Å². The second-order valence-corrected chi connectivity index (χ2v) is 8.19. The minimum atomic E-state index is -0.765. The summed E-state index contributed by atoms with van der Waals surface area (Å²) in [7, 11) is 0. The van der Waals surface area contributed by atoms with Crippen LogP contribution in [0.5, 0.6) is 5.75 Å². The van der Waals surface area contributed by atoms with Gasteiger partial charge in [0.25, 0.3) is 10.2 Å². The average molecular weight is 378 g/mol. The van der Waals surface area contributed by atoms with Gasteiger partial charge in [-0.25, -0.2) is 0 Å². The van der Waals surface area contributed by atoms with Gasteiger partial charge in [-0.05, 0) is 72.6 Å². The molecule has 2 fully saturated rings. The molecule has 1 aromatic rings. The molecule has 9 heteroatoms. The fourth-order valence-electron chi connectivity index (χ4n) is 6.06. The Morgan fingerprint density at radius 3 is 2.59 bits per heavy atom. The number of aryl methyl sites for hydroxylation is 1. The van der Waals surface area contributed by atoms with Crippen molar-refractivity contribution in [3.8, 4) is 5.75 Å². The van der Waals surface area contributed by atoms with Crippen LogP contribution < -0.4 is 0 Å². The van der Waals surface area contributed by atoms with Crippen LogP contribution in [0.1, 0.15) is 49.7 Å². The van der Waals surface area contributed by atoms with Gasteiger partial charge in [0.05, 0.1) is 0 Å². The predicted octanol–water partition coefficient (Wildman–Crippen LogP) is 3.01. The summed E-state index contributed by atoms with van der Waals surface area (Å²) in [5, 5.41) is 30.4. The molecule has 0 amide bonds. The van der Waals surface area contributed by atoms with Crippen LogP contribution in [0.15, 0.2) is 18.2 Å². The fraction of sp³-hybridized carbons (Fsp3) is 0.667. The number of phenols is 1. The van der Waals surface area contributed by atoms with Crippen LogP contribution in [0, 0.1) is 37.5 Å². The van der Waals surface area contributed by atoms with Crippen LogP contribution in [-0.2, 0) is 16.1 Å². The Balaban J connectivity index is 1.74. The molecule has 4 rings (SSSR count). The zero-order valence-electron chi connectivity index (χ0n) is 14.9. The molecule has 3 aliphatic carbocycles. The molecule has 0 radical (unpaired) electrons. The van der Waals surface area contributed by atoms with Gasteiger partial charge in [0, 0.05) is 5.92 Å². The molecule has 0 heterocycles. The Morgan fingerprint density at radius 1 is 1.15 bits per heavy atom. The van der Waals surface area contributed by atoms with E-state index in [2.05, 4.69) is 0 Å². The maximum atomic E-state index is 11.2. The van der Waals surface area contributed by atoms with Gasteiger partial charge in [-0.15, -0.1) is 20.2 Å². The second kappa shape index (κ2) is 6.24. The smallest absolute Gasteiger partial charge is 0.294 e. The molecule has 6 atom stereocenters. The molecule has 9 nitrogen and oxygen atoms in total. The normalized spacial score (nSPS) is 36.9. The number of phenolic OH excluding ortho intramolecular Hbond substituents is 1. The quantitative estimate of drug-likeness (QED) is 0.630. The first-order chi connectivity index (χ1) is 12.8. The fourth-order valence-corrected chi connectivity index (χ4v) is 6.06. The van der Waals surface area contributed by atoms with E-state index in [9.17, 15) is 25.3 Å². The second-order valence-electron chi connectivity index (χ2n) is 8.19. The molecule has 2 saturated carbocycles. The summed E-state index contributed by atoms with van der Waals surface area (Å²) in [6, 6.07) is 5.15. The lowest BCUT2D eigenvalue weighted by molar-refractivity contribution is -0.777. The van der Waals surface area contributed by atoms with E-state index in [1.54, 1.807) is 12.1 Å². The molecule has 146 valence electrons. The average Bonchev–Trinajstić information content (AvgIpc) is 2.89. The number of fused-ring (bicyclic) bond motifs is 5. The molecule has 0 saturated heterocycles. The third kappa shape index (κ3) is 2.85. The maximum Gasteiger partial charge on any atom is 0.294 e. The van der Waals surface area contributed by atoms with Gasteiger partial charge in [0.1, 0.15) is 18.0 Å². The molecule has 0 aliphatic heterocycles. The number of hydrogen-bond donors (Lipinski definition) is 1. The minimum absolute atomic E-state index is 0.131. The molecule has 3 aliphatic rings. The number of rotatable bonds is 4. The van der Waals surface area contributed by atoms with E-state index in [0.717, 1.165) is 30.4 Å². The Bertz CT molecular complexity index is 785. The molecule has 27 heavy (non-hydrogen) atoms. The zero-order valence-corrected chi connectivity index (χ0v) is 14.9. The lowest BCUT2D eigenvalue weighted by atomic mass is 9.54. The molecular weight excluding hydrogens is 356 g/mol. The van der Waals surface area contributed by atoms with Crippen LogP contribution in [0.3, 0.4) is 0 Å². The van der Waals surface area contributed by atoms with Crippen molar-refractivity contribution >= 4 is 0 Å². The van der Waals surface area contributed by atoms with Gasteiger partial charge >= 0.3 is 0 Å². The highest BCUT2D eigenvalue weighted by atomic mass is 17.0. The van der Waals surface area contributed by atoms with Gasteiger partial charge in [0.15, 0.2) is 0 Å². The molecule has 1 N–H and O–H groups in total. The van der Waals surface area contributed by atoms with Crippen molar-refractivity contribution < 1.29 is 25.0 Å². The number of benzene rings is 1. The Kier molecular flexibility index (Phi) is 4.12. The van der Waals surface area contributed by atoms with E-state index >= 15 is 0 Å². The van der Waals surface area contributed by atoms with E-state index < -0.39 is 27.8 Å².